The third-order valence-corrected chi connectivity index (χ3v) is 6.72. The van der Waals surface area contributed by atoms with E-state index in [1.165, 1.54) is 12.1 Å². The second-order valence-corrected chi connectivity index (χ2v) is 9.87. The highest BCUT2D eigenvalue weighted by Crippen LogP contribution is 2.45. The third-order valence-electron chi connectivity index (χ3n) is 6.72. The first-order valence-electron chi connectivity index (χ1n) is 11.5. The van der Waals surface area contributed by atoms with E-state index in [4.69, 9.17) is 4.98 Å². The van der Waals surface area contributed by atoms with Gasteiger partial charge in [-0.25, -0.2) is 0 Å². The number of aliphatic hydroxyl groups excluding tert-OH is 2. The highest BCUT2D eigenvalue weighted by atomic mass is 19.4. The maximum Gasteiger partial charge on any atom is 0.416 e. The van der Waals surface area contributed by atoms with Gasteiger partial charge in [-0.3, -0.25) is 4.98 Å². The van der Waals surface area contributed by atoms with E-state index < -0.39 is 23.9 Å². The zero-order chi connectivity index (χ0) is 23.8. The monoisotopic (exact) mass is 449 g/mol. The second kappa shape index (κ2) is 9.14. The predicted molar refractivity (Wildman–Crippen MR) is 119 cm³/mol. The molecule has 0 bridgehead atoms. The lowest BCUT2D eigenvalue weighted by atomic mass is 9.72. The van der Waals surface area contributed by atoms with Gasteiger partial charge < -0.3 is 10.2 Å². The van der Waals surface area contributed by atoms with Crippen LogP contribution in [0.3, 0.4) is 0 Å². The lowest BCUT2D eigenvalue weighted by Crippen LogP contribution is -2.29. The van der Waals surface area contributed by atoms with Crippen molar-refractivity contribution in [3.63, 3.8) is 0 Å². The SMILES string of the molecule is CCCC(CC)c1nc2c(c(C)c1C(O)c1ccc(C(F)(F)F)cc1)C(O)CC(C)(C)C2. The summed E-state index contributed by atoms with van der Waals surface area (Å²) < 4.78 is 39.0. The van der Waals surface area contributed by atoms with Crippen molar-refractivity contribution in [1.82, 2.24) is 4.98 Å². The lowest BCUT2D eigenvalue weighted by Gasteiger charge is -2.37. The molecule has 1 aromatic carbocycles. The molecule has 2 N–H and O–H groups in total. The fraction of sp³-hybridized carbons (Fsp3) is 0.577. The summed E-state index contributed by atoms with van der Waals surface area (Å²) in [6.45, 7) is 10.3. The first-order valence-corrected chi connectivity index (χ1v) is 11.5. The smallest absolute Gasteiger partial charge is 0.388 e. The minimum Gasteiger partial charge on any atom is -0.388 e. The Bertz CT molecular complexity index is 951. The van der Waals surface area contributed by atoms with Crippen molar-refractivity contribution in [2.75, 3.05) is 0 Å². The summed E-state index contributed by atoms with van der Waals surface area (Å²) in [4.78, 5) is 5.01. The number of hydrogen-bond acceptors (Lipinski definition) is 3. The van der Waals surface area contributed by atoms with Gasteiger partial charge in [0.15, 0.2) is 0 Å². The van der Waals surface area contributed by atoms with Crippen molar-refractivity contribution in [1.29, 1.82) is 0 Å². The van der Waals surface area contributed by atoms with Gasteiger partial charge in [0, 0.05) is 22.7 Å². The fourth-order valence-corrected chi connectivity index (χ4v) is 5.11. The highest BCUT2D eigenvalue weighted by Gasteiger charge is 2.37. The van der Waals surface area contributed by atoms with E-state index in [0.717, 1.165) is 60.3 Å². The van der Waals surface area contributed by atoms with Crippen molar-refractivity contribution < 1.29 is 23.4 Å². The zero-order valence-electron chi connectivity index (χ0n) is 19.6. The van der Waals surface area contributed by atoms with Crippen molar-refractivity contribution in [2.45, 2.75) is 91.0 Å². The van der Waals surface area contributed by atoms with Crippen molar-refractivity contribution in [3.8, 4) is 0 Å². The number of benzene rings is 1. The normalized spacial score (nSPS) is 20.0. The molecule has 3 nitrogen and oxygen atoms in total. The molecule has 0 fully saturated rings. The molecule has 0 saturated heterocycles. The van der Waals surface area contributed by atoms with E-state index in [1.54, 1.807) is 0 Å². The molecular weight excluding hydrogens is 415 g/mol. The van der Waals surface area contributed by atoms with Gasteiger partial charge in [-0.1, -0.05) is 46.2 Å². The van der Waals surface area contributed by atoms with Gasteiger partial charge in [0.25, 0.3) is 0 Å². The summed E-state index contributed by atoms with van der Waals surface area (Å²) in [7, 11) is 0. The van der Waals surface area contributed by atoms with E-state index in [9.17, 15) is 23.4 Å². The quantitative estimate of drug-likeness (QED) is 0.510. The molecule has 0 radical (unpaired) electrons. The number of halogens is 3. The number of hydrogen-bond donors (Lipinski definition) is 2. The molecule has 3 rings (SSSR count). The van der Waals surface area contributed by atoms with Gasteiger partial charge in [-0.2, -0.15) is 13.2 Å². The van der Waals surface area contributed by atoms with Crippen LogP contribution in [0.15, 0.2) is 24.3 Å². The topological polar surface area (TPSA) is 53.4 Å². The molecule has 0 aliphatic heterocycles. The number of alkyl halides is 3. The van der Waals surface area contributed by atoms with Crippen LogP contribution in [0.4, 0.5) is 13.2 Å². The van der Waals surface area contributed by atoms with Crippen molar-refractivity contribution in [3.05, 3.63) is 63.5 Å². The molecule has 1 aliphatic rings. The van der Waals surface area contributed by atoms with Crippen LogP contribution < -0.4 is 0 Å². The first-order chi connectivity index (χ1) is 14.9. The molecule has 1 aromatic heterocycles. The minimum absolute atomic E-state index is 0.0802. The van der Waals surface area contributed by atoms with Crippen LogP contribution in [0.1, 0.15) is 111 Å². The molecule has 0 spiro atoms. The van der Waals surface area contributed by atoms with E-state index in [0.29, 0.717) is 17.5 Å². The third kappa shape index (κ3) is 4.86. The molecule has 0 amide bonds. The maximum absolute atomic E-state index is 13.0. The molecular formula is C26H34F3NO2. The number of aliphatic hydroxyl groups is 2. The standard InChI is InChI=1S/C26H34F3NO2/c1-6-8-16(7-2)23-22(24(32)17-9-11-18(12-10-17)26(27,28)29)15(3)21-19(30-23)13-25(4,5)14-20(21)31/h9-12,16,20,24,31-32H,6-8,13-14H2,1-5H3. The highest BCUT2D eigenvalue weighted by molar-refractivity contribution is 5.48. The molecule has 176 valence electrons. The summed E-state index contributed by atoms with van der Waals surface area (Å²) in [5, 5.41) is 22.3. The van der Waals surface area contributed by atoms with Crippen LogP contribution in [0.5, 0.6) is 0 Å². The average Bonchev–Trinajstić information content (AvgIpc) is 2.69. The zero-order valence-corrected chi connectivity index (χ0v) is 19.6. The Hall–Kier alpha value is -1.92. The molecule has 6 heteroatoms. The molecule has 0 saturated carbocycles. The Morgan fingerprint density at radius 1 is 1.16 bits per heavy atom. The minimum atomic E-state index is -4.43. The summed E-state index contributed by atoms with van der Waals surface area (Å²) in [5.74, 6) is 0.130. The van der Waals surface area contributed by atoms with Crippen LogP contribution >= 0.6 is 0 Å². The molecule has 32 heavy (non-hydrogen) atoms. The number of pyridine rings is 1. The number of aromatic nitrogens is 1. The van der Waals surface area contributed by atoms with Gasteiger partial charge in [-0.15, -0.1) is 0 Å². The summed E-state index contributed by atoms with van der Waals surface area (Å²) >= 11 is 0. The second-order valence-electron chi connectivity index (χ2n) is 9.87. The van der Waals surface area contributed by atoms with Crippen molar-refractivity contribution >= 4 is 0 Å². The molecule has 1 heterocycles. The Kier molecular flexibility index (Phi) is 7.06. The molecule has 2 aromatic rings. The van der Waals surface area contributed by atoms with Gasteiger partial charge in [0.05, 0.1) is 17.4 Å². The van der Waals surface area contributed by atoms with Gasteiger partial charge in [0.2, 0.25) is 0 Å². The van der Waals surface area contributed by atoms with E-state index in [-0.39, 0.29) is 11.3 Å². The first kappa shape index (κ1) is 24.7. The van der Waals surface area contributed by atoms with Crippen LogP contribution in [0.2, 0.25) is 0 Å². The Labute approximate surface area is 188 Å². The van der Waals surface area contributed by atoms with Crippen LogP contribution in [-0.2, 0) is 12.6 Å². The number of rotatable bonds is 6. The average molecular weight is 450 g/mol. The fourth-order valence-electron chi connectivity index (χ4n) is 5.11. The van der Waals surface area contributed by atoms with Gasteiger partial charge >= 0.3 is 6.18 Å². The Balaban J connectivity index is 2.17. The van der Waals surface area contributed by atoms with Gasteiger partial charge in [-0.05, 0) is 61.3 Å². The molecule has 3 atom stereocenters. The Morgan fingerprint density at radius 2 is 1.78 bits per heavy atom. The summed E-state index contributed by atoms with van der Waals surface area (Å²) in [6, 6.07) is 4.66. The lowest BCUT2D eigenvalue weighted by molar-refractivity contribution is -0.137. The largest absolute Gasteiger partial charge is 0.416 e. The molecule has 1 aliphatic carbocycles. The number of nitrogens with zero attached hydrogens (tertiary/aromatic N) is 1. The van der Waals surface area contributed by atoms with E-state index in [2.05, 4.69) is 27.7 Å². The van der Waals surface area contributed by atoms with Crippen LogP contribution in [-0.4, -0.2) is 15.2 Å². The molecule has 3 unspecified atom stereocenters. The predicted octanol–water partition coefficient (Wildman–Crippen LogP) is 6.79. The van der Waals surface area contributed by atoms with E-state index >= 15 is 0 Å². The maximum atomic E-state index is 13.0. The van der Waals surface area contributed by atoms with E-state index in [1.807, 2.05) is 6.92 Å². The van der Waals surface area contributed by atoms with Crippen molar-refractivity contribution in [2.24, 2.45) is 5.41 Å². The Morgan fingerprint density at radius 3 is 2.31 bits per heavy atom. The van der Waals surface area contributed by atoms with Crippen LogP contribution in [0, 0.1) is 12.3 Å². The van der Waals surface area contributed by atoms with Crippen LogP contribution in [0.25, 0.3) is 0 Å². The summed E-state index contributed by atoms with van der Waals surface area (Å²) in [5.41, 5.74) is 3.44. The number of fused-ring (bicyclic) bond motifs is 1. The summed E-state index contributed by atoms with van der Waals surface area (Å²) in [6.07, 6.45) is -2.17. The van der Waals surface area contributed by atoms with Gasteiger partial charge in [0.1, 0.15) is 6.10 Å².